The van der Waals surface area contributed by atoms with Gasteiger partial charge in [-0.2, -0.15) is 22.7 Å². The number of unbranched alkanes of at least 4 members (excludes halogenated alkanes) is 3. The summed E-state index contributed by atoms with van der Waals surface area (Å²) < 4.78 is 61.9. The van der Waals surface area contributed by atoms with Crippen LogP contribution in [-0.2, 0) is 4.79 Å². The van der Waals surface area contributed by atoms with Crippen LogP contribution in [0.4, 0.5) is 17.6 Å². The molecule has 10 heteroatoms. The molecule has 5 rings (SSSR count). The molecule has 1 amide bonds. The summed E-state index contributed by atoms with van der Waals surface area (Å²) in [5.41, 5.74) is 1.99. The SMILES string of the molecule is O=C(CCCCCCOc1ccc(/C(=C(/CC(F)(F)F)c2ccccc2)c2ccc3n[nH]c(F)c3c2)cn1)N1CCCC1. The Bertz CT molecular complexity index is 1540. The molecule has 6 nitrogen and oxygen atoms in total. The molecule has 2 aromatic carbocycles. The van der Waals surface area contributed by atoms with E-state index in [0.717, 1.165) is 51.6 Å². The van der Waals surface area contributed by atoms with Crippen LogP contribution in [0.1, 0.15) is 68.1 Å². The molecule has 1 saturated heterocycles. The number of likely N-dealkylation sites (tertiary alicyclic amines) is 1. The maximum Gasteiger partial charge on any atom is 0.393 e. The van der Waals surface area contributed by atoms with Crippen molar-refractivity contribution in [3.63, 3.8) is 0 Å². The fraction of sp³-hybridized carbons (Fsp3) is 0.364. The predicted octanol–water partition coefficient (Wildman–Crippen LogP) is 7.96. The van der Waals surface area contributed by atoms with E-state index in [2.05, 4.69) is 15.2 Å². The van der Waals surface area contributed by atoms with Gasteiger partial charge in [0.15, 0.2) is 0 Å². The van der Waals surface area contributed by atoms with Crippen molar-refractivity contribution in [2.75, 3.05) is 19.7 Å². The van der Waals surface area contributed by atoms with Crippen molar-refractivity contribution < 1.29 is 27.1 Å². The van der Waals surface area contributed by atoms with Gasteiger partial charge in [-0.05, 0) is 66.2 Å². The first-order chi connectivity index (χ1) is 20.8. The molecule has 0 saturated carbocycles. The third-order valence-electron chi connectivity index (χ3n) is 7.62. The highest BCUT2D eigenvalue weighted by atomic mass is 19.4. The number of amides is 1. The van der Waals surface area contributed by atoms with Gasteiger partial charge in [-0.3, -0.25) is 9.89 Å². The summed E-state index contributed by atoms with van der Waals surface area (Å²) in [5.74, 6) is -0.0546. The minimum Gasteiger partial charge on any atom is -0.478 e. The summed E-state index contributed by atoms with van der Waals surface area (Å²) in [6, 6.07) is 16.4. The van der Waals surface area contributed by atoms with Crippen LogP contribution in [0.2, 0.25) is 0 Å². The van der Waals surface area contributed by atoms with Crippen LogP contribution in [-0.4, -0.2) is 51.9 Å². The first kappa shape index (κ1) is 30.3. The lowest BCUT2D eigenvalue weighted by Gasteiger charge is -2.19. The van der Waals surface area contributed by atoms with E-state index in [0.29, 0.717) is 46.7 Å². The third kappa shape index (κ3) is 8.00. The Morgan fingerprint density at radius 3 is 2.37 bits per heavy atom. The third-order valence-corrected chi connectivity index (χ3v) is 7.62. The molecule has 1 aliphatic heterocycles. The van der Waals surface area contributed by atoms with Crippen LogP contribution < -0.4 is 4.74 Å². The summed E-state index contributed by atoms with van der Waals surface area (Å²) in [7, 11) is 0. The second-order valence-corrected chi connectivity index (χ2v) is 10.8. The van der Waals surface area contributed by atoms with Crippen LogP contribution in [0.25, 0.3) is 22.0 Å². The van der Waals surface area contributed by atoms with Crippen molar-refractivity contribution in [3.05, 3.63) is 89.5 Å². The van der Waals surface area contributed by atoms with Crippen LogP contribution in [0.15, 0.2) is 66.9 Å². The number of nitrogens with one attached hydrogen (secondary N) is 1. The highest BCUT2D eigenvalue weighted by Crippen LogP contribution is 2.40. The number of nitrogens with zero attached hydrogens (tertiary/aromatic N) is 3. The Hall–Kier alpha value is -4.21. The maximum absolute atomic E-state index is 14.4. The topological polar surface area (TPSA) is 71.1 Å². The Balaban J connectivity index is 1.31. The number of allylic oxidation sites excluding steroid dienone is 1. The van der Waals surface area contributed by atoms with Gasteiger partial charge in [-0.25, -0.2) is 4.98 Å². The minimum atomic E-state index is -4.49. The molecule has 0 bridgehead atoms. The maximum atomic E-state index is 14.4. The number of ether oxygens (including phenoxy) is 1. The number of H-pyrrole nitrogens is 1. The average molecular weight is 595 g/mol. The number of carbonyl (C=O) groups excluding carboxylic acids is 1. The van der Waals surface area contributed by atoms with E-state index in [-0.39, 0.29) is 16.9 Å². The quantitative estimate of drug-likeness (QED) is 0.103. The summed E-state index contributed by atoms with van der Waals surface area (Å²) in [4.78, 5) is 18.5. The Labute approximate surface area is 247 Å². The predicted molar refractivity (Wildman–Crippen MR) is 158 cm³/mol. The zero-order chi connectivity index (χ0) is 30.2. The fourth-order valence-electron chi connectivity index (χ4n) is 5.47. The second kappa shape index (κ2) is 13.8. The number of hydrogen-bond donors (Lipinski definition) is 1. The Morgan fingerprint density at radius 1 is 0.907 bits per heavy atom. The van der Waals surface area contributed by atoms with Crippen molar-refractivity contribution in [3.8, 4) is 5.88 Å². The summed E-state index contributed by atoms with van der Waals surface area (Å²) in [6.45, 7) is 2.20. The zero-order valence-corrected chi connectivity index (χ0v) is 23.8. The van der Waals surface area contributed by atoms with E-state index in [4.69, 9.17) is 4.74 Å². The molecule has 0 unspecified atom stereocenters. The lowest BCUT2D eigenvalue weighted by Crippen LogP contribution is -2.27. The number of carbonyl (C=O) groups is 1. The number of halogens is 4. The van der Waals surface area contributed by atoms with Gasteiger partial charge in [0, 0.05) is 37.3 Å². The van der Waals surface area contributed by atoms with E-state index in [1.165, 1.54) is 12.3 Å². The number of fused-ring (bicyclic) bond motifs is 1. The van der Waals surface area contributed by atoms with Gasteiger partial charge in [-0.1, -0.05) is 49.2 Å². The molecule has 43 heavy (non-hydrogen) atoms. The highest BCUT2D eigenvalue weighted by molar-refractivity contribution is 6.00. The van der Waals surface area contributed by atoms with Crippen LogP contribution in [0.5, 0.6) is 5.88 Å². The molecule has 0 radical (unpaired) electrons. The first-order valence-corrected chi connectivity index (χ1v) is 14.6. The number of rotatable bonds is 12. The second-order valence-electron chi connectivity index (χ2n) is 10.8. The molecule has 0 spiro atoms. The van der Waals surface area contributed by atoms with Gasteiger partial charge in [0.2, 0.25) is 17.7 Å². The summed E-state index contributed by atoms with van der Waals surface area (Å²) in [5, 5.41) is 6.36. The van der Waals surface area contributed by atoms with Crippen LogP contribution in [0, 0.1) is 5.95 Å². The molecule has 1 fully saturated rings. The molecular weight excluding hydrogens is 560 g/mol. The molecule has 4 aromatic rings. The van der Waals surface area contributed by atoms with Gasteiger partial charge in [0.05, 0.1) is 23.9 Å². The van der Waals surface area contributed by atoms with Crippen molar-refractivity contribution >= 4 is 28.0 Å². The Kier molecular flexibility index (Phi) is 9.74. The van der Waals surface area contributed by atoms with Crippen LogP contribution in [0.3, 0.4) is 0 Å². The normalized spacial score (nSPS) is 14.3. The van der Waals surface area contributed by atoms with Crippen molar-refractivity contribution in [1.29, 1.82) is 0 Å². The van der Waals surface area contributed by atoms with Crippen molar-refractivity contribution in [1.82, 2.24) is 20.1 Å². The van der Waals surface area contributed by atoms with Gasteiger partial charge in [0.1, 0.15) is 0 Å². The molecule has 0 atom stereocenters. The van der Waals surface area contributed by atoms with Gasteiger partial charge in [-0.15, -0.1) is 0 Å². The molecule has 226 valence electrons. The van der Waals surface area contributed by atoms with Crippen molar-refractivity contribution in [2.24, 2.45) is 0 Å². The van der Waals surface area contributed by atoms with Gasteiger partial charge < -0.3 is 9.64 Å². The molecule has 1 aliphatic rings. The largest absolute Gasteiger partial charge is 0.478 e. The summed E-state index contributed by atoms with van der Waals surface area (Å²) in [6.07, 6.45) is 2.11. The highest BCUT2D eigenvalue weighted by Gasteiger charge is 2.32. The molecule has 1 N–H and O–H groups in total. The number of alkyl halides is 3. The number of pyridine rings is 1. The van der Waals surface area contributed by atoms with E-state index >= 15 is 0 Å². The standard InChI is InChI=1S/C33H34F4N4O2/c34-32-26-20-24(13-15-28(26)39-40-32)31(27(21-33(35,36)37)23-10-4-3-5-11-23)25-14-16-29(38-22-25)43-19-9-2-1-6-12-30(42)41-17-7-8-18-41/h3-5,10-11,13-16,20,22H,1-2,6-9,12,17-19,21H2,(H,39,40)/b31-27-. The average Bonchev–Trinajstić information content (AvgIpc) is 3.67. The number of benzene rings is 2. The smallest absolute Gasteiger partial charge is 0.393 e. The van der Waals surface area contributed by atoms with E-state index in [1.54, 1.807) is 54.6 Å². The zero-order valence-electron chi connectivity index (χ0n) is 23.8. The van der Waals surface area contributed by atoms with Crippen molar-refractivity contribution in [2.45, 2.75) is 57.5 Å². The van der Waals surface area contributed by atoms with Crippen LogP contribution >= 0.6 is 0 Å². The van der Waals surface area contributed by atoms with E-state index in [9.17, 15) is 22.4 Å². The Morgan fingerprint density at radius 2 is 1.65 bits per heavy atom. The number of hydrogen-bond acceptors (Lipinski definition) is 4. The van der Waals surface area contributed by atoms with Gasteiger partial charge in [0.25, 0.3) is 0 Å². The van der Waals surface area contributed by atoms with E-state index < -0.39 is 18.5 Å². The van der Waals surface area contributed by atoms with E-state index in [1.807, 2.05) is 4.90 Å². The molecular formula is C33H34F4N4O2. The number of aromatic nitrogens is 3. The molecule has 0 aliphatic carbocycles. The minimum absolute atomic E-state index is 0.0510. The fourth-order valence-corrected chi connectivity index (χ4v) is 5.47. The lowest BCUT2D eigenvalue weighted by atomic mass is 9.88. The lowest BCUT2D eigenvalue weighted by molar-refractivity contribution is -0.130. The monoisotopic (exact) mass is 594 g/mol. The number of aromatic amines is 1. The first-order valence-electron chi connectivity index (χ1n) is 14.6. The molecule has 3 heterocycles. The van der Waals surface area contributed by atoms with Gasteiger partial charge >= 0.3 is 6.18 Å². The molecule has 2 aromatic heterocycles. The summed E-state index contributed by atoms with van der Waals surface area (Å²) >= 11 is 0.